The van der Waals surface area contributed by atoms with Crippen molar-refractivity contribution in [1.29, 1.82) is 0 Å². The van der Waals surface area contributed by atoms with Gasteiger partial charge in [-0.1, -0.05) is 19.9 Å². The summed E-state index contributed by atoms with van der Waals surface area (Å²) in [6.45, 7) is 8.39. The Morgan fingerprint density at radius 3 is 2.85 bits per heavy atom. The highest BCUT2D eigenvalue weighted by atomic mass is 32.1. The Bertz CT molecular complexity index is 391. The average Bonchev–Trinajstić information content (AvgIpc) is 2.95. The quantitative estimate of drug-likeness (QED) is 0.687. The third-order valence-electron chi connectivity index (χ3n) is 3.26. The Morgan fingerprint density at radius 2 is 2.25 bits per heavy atom. The normalized spacial score (nSPS) is 13.2. The van der Waals surface area contributed by atoms with Gasteiger partial charge in [-0.25, -0.2) is 0 Å². The van der Waals surface area contributed by atoms with Gasteiger partial charge in [-0.05, 0) is 24.8 Å². The number of rotatable bonds is 9. The highest BCUT2D eigenvalue weighted by molar-refractivity contribution is 7.10. The molecule has 0 bridgehead atoms. The summed E-state index contributed by atoms with van der Waals surface area (Å²) in [5, 5.41) is 8.31. The van der Waals surface area contributed by atoms with E-state index in [4.69, 9.17) is 4.74 Å². The standard InChI is InChI=1S/C15H26N2O2S/c1-12(14(18)16-8-6-9-19-4)17-11-15(2,3)13-7-5-10-20-13/h5,7,10,12,17H,6,8-9,11H2,1-4H3,(H,16,18). The van der Waals surface area contributed by atoms with E-state index in [1.165, 1.54) is 4.88 Å². The molecule has 0 aliphatic rings. The van der Waals surface area contributed by atoms with Gasteiger partial charge in [0.25, 0.3) is 0 Å². The summed E-state index contributed by atoms with van der Waals surface area (Å²) in [4.78, 5) is 13.2. The monoisotopic (exact) mass is 298 g/mol. The smallest absolute Gasteiger partial charge is 0.236 e. The van der Waals surface area contributed by atoms with Crippen LogP contribution in [-0.4, -0.2) is 38.8 Å². The molecule has 0 aliphatic heterocycles. The first kappa shape index (κ1) is 17.1. The number of carbonyl (C=O) groups is 1. The Balaban J connectivity index is 2.31. The van der Waals surface area contributed by atoms with E-state index in [1.807, 2.05) is 6.92 Å². The summed E-state index contributed by atoms with van der Waals surface area (Å²) in [5.74, 6) is 0.0445. The Hall–Kier alpha value is -0.910. The van der Waals surface area contributed by atoms with Crippen LogP contribution in [0.25, 0.3) is 0 Å². The second kappa shape index (κ2) is 8.39. The van der Waals surface area contributed by atoms with Gasteiger partial charge in [0.1, 0.15) is 0 Å². The highest BCUT2D eigenvalue weighted by Gasteiger charge is 2.23. The van der Waals surface area contributed by atoms with Crippen LogP contribution in [0.5, 0.6) is 0 Å². The second-order valence-electron chi connectivity index (χ2n) is 5.60. The van der Waals surface area contributed by atoms with Gasteiger partial charge in [0.15, 0.2) is 0 Å². The number of ether oxygens (including phenoxy) is 1. The van der Waals surface area contributed by atoms with Crippen molar-refractivity contribution >= 4 is 17.2 Å². The van der Waals surface area contributed by atoms with Crippen LogP contribution in [0.2, 0.25) is 0 Å². The molecule has 2 N–H and O–H groups in total. The lowest BCUT2D eigenvalue weighted by Crippen LogP contribution is -2.46. The molecular formula is C15H26N2O2S. The fourth-order valence-electron chi connectivity index (χ4n) is 1.83. The number of carbonyl (C=O) groups excluding carboxylic acids is 1. The van der Waals surface area contributed by atoms with Crippen molar-refractivity contribution in [2.75, 3.05) is 26.8 Å². The second-order valence-corrected chi connectivity index (χ2v) is 6.55. The number of nitrogens with one attached hydrogen (secondary N) is 2. The highest BCUT2D eigenvalue weighted by Crippen LogP contribution is 2.26. The molecule has 114 valence electrons. The summed E-state index contributed by atoms with van der Waals surface area (Å²) < 4.78 is 4.95. The number of methoxy groups -OCH3 is 1. The molecule has 1 amide bonds. The third-order valence-corrected chi connectivity index (χ3v) is 4.49. The van der Waals surface area contributed by atoms with Gasteiger partial charge in [0.2, 0.25) is 5.91 Å². The molecule has 0 radical (unpaired) electrons. The number of thiophene rings is 1. The Kier molecular flexibility index (Phi) is 7.19. The lowest BCUT2D eigenvalue weighted by atomic mass is 9.91. The van der Waals surface area contributed by atoms with Crippen LogP contribution in [0.1, 0.15) is 32.1 Å². The van der Waals surface area contributed by atoms with Crippen LogP contribution in [0.15, 0.2) is 17.5 Å². The van der Waals surface area contributed by atoms with Crippen molar-refractivity contribution in [2.45, 2.75) is 38.6 Å². The van der Waals surface area contributed by atoms with Crippen molar-refractivity contribution in [3.05, 3.63) is 22.4 Å². The zero-order valence-corrected chi connectivity index (χ0v) is 13.7. The summed E-state index contributed by atoms with van der Waals surface area (Å²) in [6, 6.07) is 4.02. The molecule has 1 aromatic heterocycles. The fraction of sp³-hybridized carbons (Fsp3) is 0.667. The largest absolute Gasteiger partial charge is 0.385 e. The van der Waals surface area contributed by atoms with Crippen molar-refractivity contribution < 1.29 is 9.53 Å². The molecule has 0 fully saturated rings. The van der Waals surface area contributed by atoms with E-state index in [0.717, 1.165) is 13.0 Å². The van der Waals surface area contributed by atoms with E-state index in [0.29, 0.717) is 13.2 Å². The molecule has 1 rings (SSSR count). The van der Waals surface area contributed by atoms with Gasteiger partial charge in [-0.15, -0.1) is 11.3 Å². The molecule has 4 nitrogen and oxygen atoms in total. The minimum absolute atomic E-state index is 0.0404. The SMILES string of the molecule is COCCCNC(=O)C(C)NCC(C)(C)c1cccs1. The summed E-state index contributed by atoms with van der Waals surface area (Å²) in [7, 11) is 1.67. The first-order valence-corrected chi connectivity index (χ1v) is 7.89. The number of hydrogen-bond donors (Lipinski definition) is 2. The van der Waals surface area contributed by atoms with Gasteiger partial charge in [0.05, 0.1) is 6.04 Å². The molecule has 1 heterocycles. The van der Waals surface area contributed by atoms with Gasteiger partial charge in [-0.2, -0.15) is 0 Å². The number of hydrogen-bond acceptors (Lipinski definition) is 4. The first-order chi connectivity index (χ1) is 9.47. The Labute approximate surface area is 125 Å². The zero-order chi connectivity index (χ0) is 15.0. The van der Waals surface area contributed by atoms with E-state index in [2.05, 4.69) is 42.0 Å². The molecule has 0 spiro atoms. The zero-order valence-electron chi connectivity index (χ0n) is 12.9. The molecule has 1 unspecified atom stereocenters. The lowest BCUT2D eigenvalue weighted by molar-refractivity contribution is -0.122. The molecular weight excluding hydrogens is 272 g/mol. The maximum Gasteiger partial charge on any atom is 0.236 e. The predicted octanol–water partition coefficient (Wildman–Crippen LogP) is 2.16. The lowest BCUT2D eigenvalue weighted by Gasteiger charge is -2.26. The van der Waals surface area contributed by atoms with Crippen LogP contribution < -0.4 is 10.6 Å². The molecule has 1 atom stereocenters. The first-order valence-electron chi connectivity index (χ1n) is 7.01. The molecule has 0 saturated carbocycles. The van der Waals surface area contributed by atoms with E-state index in [9.17, 15) is 4.79 Å². The molecule has 1 aromatic rings. The minimum atomic E-state index is -0.184. The average molecular weight is 298 g/mol. The molecule has 5 heteroatoms. The van der Waals surface area contributed by atoms with Gasteiger partial charge in [-0.3, -0.25) is 4.79 Å². The van der Waals surface area contributed by atoms with Gasteiger partial charge < -0.3 is 15.4 Å². The molecule has 0 aliphatic carbocycles. The van der Waals surface area contributed by atoms with Gasteiger partial charge >= 0.3 is 0 Å². The van der Waals surface area contributed by atoms with Crippen LogP contribution in [0, 0.1) is 0 Å². The third kappa shape index (κ3) is 5.61. The van der Waals surface area contributed by atoms with E-state index in [-0.39, 0.29) is 17.4 Å². The van der Waals surface area contributed by atoms with E-state index in [1.54, 1.807) is 18.4 Å². The number of amides is 1. The Morgan fingerprint density at radius 1 is 1.50 bits per heavy atom. The van der Waals surface area contributed by atoms with E-state index >= 15 is 0 Å². The van der Waals surface area contributed by atoms with Crippen LogP contribution in [0.4, 0.5) is 0 Å². The van der Waals surface area contributed by atoms with Crippen molar-refractivity contribution in [3.8, 4) is 0 Å². The van der Waals surface area contributed by atoms with Crippen LogP contribution in [0.3, 0.4) is 0 Å². The van der Waals surface area contributed by atoms with Crippen molar-refractivity contribution in [2.24, 2.45) is 0 Å². The van der Waals surface area contributed by atoms with E-state index < -0.39 is 0 Å². The van der Waals surface area contributed by atoms with Crippen LogP contribution in [-0.2, 0) is 14.9 Å². The predicted molar refractivity (Wildman–Crippen MR) is 84.3 cm³/mol. The topological polar surface area (TPSA) is 50.4 Å². The summed E-state index contributed by atoms with van der Waals surface area (Å²) in [6.07, 6.45) is 0.843. The maximum absolute atomic E-state index is 11.9. The van der Waals surface area contributed by atoms with Crippen LogP contribution >= 0.6 is 11.3 Å². The minimum Gasteiger partial charge on any atom is -0.385 e. The fourth-order valence-corrected chi connectivity index (χ4v) is 2.68. The summed E-state index contributed by atoms with van der Waals surface area (Å²) in [5.41, 5.74) is 0.0404. The van der Waals surface area contributed by atoms with Gasteiger partial charge in [0, 0.05) is 37.1 Å². The molecule has 0 aromatic carbocycles. The molecule has 20 heavy (non-hydrogen) atoms. The molecule has 0 saturated heterocycles. The van der Waals surface area contributed by atoms with Crippen molar-refractivity contribution in [3.63, 3.8) is 0 Å². The maximum atomic E-state index is 11.9. The van der Waals surface area contributed by atoms with Crippen molar-refractivity contribution in [1.82, 2.24) is 10.6 Å². The summed E-state index contributed by atoms with van der Waals surface area (Å²) >= 11 is 1.75.